The van der Waals surface area contributed by atoms with Crippen LogP contribution in [0.5, 0.6) is 0 Å². The van der Waals surface area contributed by atoms with Crippen LogP contribution in [0.15, 0.2) is 48.5 Å². The van der Waals surface area contributed by atoms with E-state index in [4.69, 9.17) is 23.8 Å². The molecule has 23 heavy (non-hydrogen) atoms. The lowest BCUT2D eigenvalue weighted by atomic mass is 10.2. The molecule has 0 fully saturated rings. The number of amides is 1. The minimum Gasteiger partial charge on any atom is -0.332 e. The quantitative estimate of drug-likeness (QED) is 0.397. The first-order valence-electron chi connectivity index (χ1n) is 6.76. The molecule has 2 aromatic rings. The van der Waals surface area contributed by atoms with Gasteiger partial charge in [0.2, 0.25) is 5.91 Å². The van der Waals surface area contributed by atoms with Gasteiger partial charge in [-0.25, -0.2) is 0 Å². The lowest BCUT2D eigenvalue weighted by Crippen LogP contribution is -2.33. The number of aryl methyl sites for hydroxylation is 1. The van der Waals surface area contributed by atoms with Gasteiger partial charge >= 0.3 is 0 Å². The summed E-state index contributed by atoms with van der Waals surface area (Å²) >= 11 is 13.2. The fourth-order valence-corrected chi connectivity index (χ4v) is 2.80. The largest absolute Gasteiger partial charge is 0.332 e. The molecule has 0 aromatic heterocycles. The SMILES string of the molecule is Cc1cc(I)ccc1NC(=S)NC(=O)C=Cc1ccc(Cl)cc1. The Morgan fingerprint density at radius 2 is 1.91 bits per heavy atom. The molecule has 0 radical (unpaired) electrons. The lowest BCUT2D eigenvalue weighted by Gasteiger charge is -2.11. The van der Waals surface area contributed by atoms with Crippen molar-refractivity contribution in [3.63, 3.8) is 0 Å². The summed E-state index contributed by atoms with van der Waals surface area (Å²) in [6, 6.07) is 13.1. The van der Waals surface area contributed by atoms with Crippen LogP contribution in [0.4, 0.5) is 5.69 Å². The Kier molecular flexibility index (Phi) is 6.56. The van der Waals surface area contributed by atoms with Gasteiger partial charge in [-0.15, -0.1) is 0 Å². The average molecular weight is 457 g/mol. The Hall–Kier alpha value is -1.44. The number of nitrogens with one attached hydrogen (secondary N) is 2. The minimum absolute atomic E-state index is 0.264. The fourth-order valence-electron chi connectivity index (χ4n) is 1.82. The number of rotatable bonds is 3. The predicted molar refractivity (Wildman–Crippen MR) is 109 cm³/mol. The number of hydrogen-bond acceptors (Lipinski definition) is 2. The van der Waals surface area contributed by atoms with Crippen molar-refractivity contribution < 1.29 is 4.79 Å². The molecular formula is C17H14ClIN2OS. The second-order valence-electron chi connectivity index (χ2n) is 4.79. The van der Waals surface area contributed by atoms with E-state index >= 15 is 0 Å². The first-order chi connectivity index (χ1) is 10.9. The van der Waals surface area contributed by atoms with Gasteiger partial charge in [-0.2, -0.15) is 0 Å². The summed E-state index contributed by atoms with van der Waals surface area (Å²) in [5.41, 5.74) is 2.82. The molecule has 0 saturated carbocycles. The third-order valence-electron chi connectivity index (χ3n) is 2.97. The minimum atomic E-state index is -0.291. The Morgan fingerprint density at radius 1 is 1.22 bits per heavy atom. The third kappa shape index (κ3) is 5.93. The molecule has 0 aliphatic heterocycles. The van der Waals surface area contributed by atoms with E-state index in [9.17, 15) is 4.79 Å². The molecule has 2 N–H and O–H groups in total. The van der Waals surface area contributed by atoms with E-state index in [0.717, 1.165) is 20.4 Å². The van der Waals surface area contributed by atoms with Crippen LogP contribution in [0.2, 0.25) is 5.02 Å². The smallest absolute Gasteiger partial charge is 0.250 e. The highest BCUT2D eigenvalue weighted by Gasteiger charge is 2.04. The number of benzene rings is 2. The summed E-state index contributed by atoms with van der Waals surface area (Å²) in [4.78, 5) is 11.9. The summed E-state index contributed by atoms with van der Waals surface area (Å²) in [6.45, 7) is 1.98. The predicted octanol–water partition coefficient (Wildman–Crippen LogP) is 4.78. The first-order valence-corrected chi connectivity index (χ1v) is 8.62. The molecule has 2 aromatic carbocycles. The second-order valence-corrected chi connectivity index (χ2v) is 6.88. The number of anilines is 1. The first kappa shape index (κ1) is 17.9. The Morgan fingerprint density at radius 3 is 2.57 bits per heavy atom. The van der Waals surface area contributed by atoms with Gasteiger partial charge in [0.1, 0.15) is 0 Å². The molecule has 0 atom stereocenters. The van der Waals surface area contributed by atoms with Crippen molar-refractivity contribution in [3.8, 4) is 0 Å². The van der Waals surface area contributed by atoms with Gasteiger partial charge in [0.15, 0.2) is 5.11 Å². The van der Waals surface area contributed by atoms with Crippen molar-refractivity contribution >= 4 is 69.2 Å². The van der Waals surface area contributed by atoms with Crippen LogP contribution in [0.3, 0.4) is 0 Å². The van der Waals surface area contributed by atoms with Gasteiger partial charge in [0.05, 0.1) is 0 Å². The maximum atomic E-state index is 11.9. The summed E-state index contributed by atoms with van der Waals surface area (Å²) in [7, 11) is 0. The number of carbonyl (C=O) groups excluding carboxylic acids is 1. The number of carbonyl (C=O) groups is 1. The van der Waals surface area contributed by atoms with Crippen LogP contribution in [0.25, 0.3) is 6.08 Å². The molecule has 0 unspecified atom stereocenters. The molecule has 2 rings (SSSR count). The molecule has 1 amide bonds. The van der Waals surface area contributed by atoms with E-state index in [1.165, 1.54) is 6.08 Å². The molecule has 0 spiro atoms. The summed E-state index contributed by atoms with van der Waals surface area (Å²) in [5.74, 6) is -0.291. The Balaban J connectivity index is 1.91. The van der Waals surface area contributed by atoms with Crippen LogP contribution in [-0.4, -0.2) is 11.0 Å². The van der Waals surface area contributed by atoms with Crippen molar-refractivity contribution in [1.82, 2.24) is 5.32 Å². The van der Waals surface area contributed by atoms with Gasteiger partial charge in [-0.3, -0.25) is 10.1 Å². The van der Waals surface area contributed by atoms with Gasteiger partial charge in [-0.05, 0) is 89.3 Å². The molecule has 0 saturated heterocycles. The Labute approximate surface area is 159 Å². The van der Waals surface area contributed by atoms with Gasteiger partial charge in [-0.1, -0.05) is 23.7 Å². The topological polar surface area (TPSA) is 41.1 Å². The fraction of sp³-hybridized carbons (Fsp3) is 0.0588. The highest BCUT2D eigenvalue weighted by atomic mass is 127. The number of hydrogen-bond donors (Lipinski definition) is 2. The third-order valence-corrected chi connectivity index (χ3v) is 4.10. The normalized spacial score (nSPS) is 10.6. The molecule has 3 nitrogen and oxygen atoms in total. The molecule has 0 heterocycles. The van der Waals surface area contributed by atoms with Crippen LogP contribution < -0.4 is 10.6 Å². The second kappa shape index (κ2) is 8.42. The van der Waals surface area contributed by atoms with E-state index in [1.54, 1.807) is 18.2 Å². The van der Waals surface area contributed by atoms with Crippen LogP contribution >= 0.6 is 46.4 Å². The van der Waals surface area contributed by atoms with E-state index in [1.807, 2.05) is 37.3 Å². The molecular weight excluding hydrogens is 443 g/mol. The summed E-state index contributed by atoms with van der Waals surface area (Å²) in [5, 5.41) is 6.56. The molecule has 118 valence electrons. The number of thiocarbonyl (C=S) groups is 1. The van der Waals surface area contributed by atoms with Crippen molar-refractivity contribution in [1.29, 1.82) is 0 Å². The van der Waals surface area contributed by atoms with Gasteiger partial charge in [0.25, 0.3) is 0 Å². The molecule has 6 heteroatoms. The van der Waals surface area contributed by atoms with E-state index in [0.29, 0.717) is 5.02 Å². The zero-order valence-corrected chi connectivity index (χ0v) is 16.0. The van der Waals surface area contributed by atoms with Crippen molar-refractivity contribution in [2.45, 2.75) is 6.92 Å². The maximum absolute atomic E-state index is 11.9. The summed E-state index contributed by atoms with van der Waals surface area (Å²) in [6.07, 6.45) is 3.13. The lowest BCUT2D eigenvalue weighted by molar-refractivity contribution is -0.115. The zero-order valence-electron chi connectivity index (χ0n) is 12.3. The zero-order chi connectivity index (χ0) is 16.8. The summed E-state index contributed by atoms with van der Waals surface area (Å²) < 4.78 is 1.14. The van der Waals surface area contributed by atoms with Crippen LogP contribution in [0, 0.1) is 10.5 Å². The number of halogens is 2. The monoisotopic (exact) mass is 456 g/mol. The van der Waals surface area contributed by atoms with Gasteiger partial charge < -0.3 is 5.32 Å². The molecule has 0 aliphatic rings. The highest BCUT2D eigenvalue weighted by Crippen LogP contribution is 2.17. The molecule has 0 aliphatic carbocycles. The molecule has 0 bridgehead atoms. The Bertz CT molecular complexity index is 760. The van der Waals surface area contributed by atoms with E-state index in [-0.39, 0.29) is 11.0 Å². The van der Waals surface area contributed by atoms with Gasteiger partial charge in [0, 0.05) is 20.4 Å². The average Bonchev–Trinajstić information content (AvgIpc) is 2.49. The van der Waals surface area contributed by atoms with Crippen LogP contribution in [0.1, 0.15) is 11.1 Å². The van der Waals surface area contributed by atoms with Crippen molar-refractivity contribution in [2.75, 3.05) is 5.32 Å². The van der Waals surface area contributed by atoms with E-state index < -0.39 is 0 Å². The standard InChI is InChI=1S/C17H14ClIN2OS/c1-11-10-14(19)7-8-15(11)20-17(23)21-16(22)9-4-12-2-5-13(18)6-3-12/h2-10H,1H3,(H2,20,21,22,23). The maximum Gasteiger partial charge on any atom is 0.250 e. The highest BCUT2D eigenvalue weighted by molar-refractivity contribution is 14.1. The van der Waals surface area contributed by atoms with E-state index in [2.05, 4.69) is 33.2 Å². The van der Waals surface area contributed by atoms with Crippen LogP contribution in [-0.2, 0) is 4.79 Å². The van der Waals surface area contributed by atoms with Crippen molar-refractivity contribution in [2.24, 2.45) is 0 Å². The van der Waals surface area contributed by atoms with Crippen molar-refractivity contribution in [3.05, 3.63) is 68.3 Å².